The van der Waals surface area contributed by atoms with Gasteiger partial charge in [0, 0.05) is 42.4 Å². The predicted molar refractivity (Wildman–Crippen MR) is 139 cm³/mol. The van der Waals surface area contributed by atoms with Crippen LogP contribution in [0.3, 0.4) is 0 Å². The third-order valence-corrected chi connectivity index (χ3v) is 6.95. The number of hydrogen-bond donors (Lipinski definition) is 1. The molecule has 180 valence electrons. The standard InChI is InChI=1S/C26H25BrFN5O2/c27-19-5-3-12-32(16-19)26(35)30-21-6-1-2-7-24(21)33(17-34)23-9-8-18(15-20(23)28)25(22-10-11-29-22)31-13-4-14-31/h1-3,5-9,12,15,17,25H,4,10-11,13-14,16H2,(H,30,35). The van der Waals surface area contributed by atoms with Gasteiger partial charge < -0.3 is 5.32 Å². The maximum atomic E-state index is 15.5. The Morgan fingerprint density at radius 1 is 1.20 bits per heavy atom. The fraction of sp³-hybridized carbons (Fsp3) is 0.269. The number of amides is 3. The quantitative estimate of drug-likeness (QED) is 0.484. The summed E-state index contributed by atoms with van der Waals surface area (Å²) in [7, 11) is 0. The van der Waals surface area contributed by atoms with E-state index in [1.807, 2.05) is 12.1 Å². The van der Waals surface area contributed by atoms with Crippen LogP contribution in [-0.4, -0.2) is 54.1 Å². The molecule has 0 radical (unpaired) electrons. The Balaban J connectivity index is 1.41. The molecule has 1 N–H and O–H groups in total. The first-order valence-electron chi connectivity index (χ1n) is 11.6. The molecule has 35 heavy (non-hydrogen) atoms. The second kappa shape index (κ2) is 10.1. The van der Waals surface area contributed by atoms with Gasteiger partial charge in [-0.1, -0.05) is 34.1 Å². The summed E-state index contributed by atoms with van der Waals surface area (Å²) < 4.78 is 16.3. The molecule has 2 aromatic rings. The summed E-state index contributed by atoms with van der Waals surface area (Å²) in [6.07, 6.45) is 7.91. The molecule has 5 rings (SSSR count). The molecule has 2 aromatic carbocycles. The minimum Gasteiger partial charge on any atom is -0.306 e. The molecule has 3 amide bonds. The number of carbonyl (C=O) groups is 2. The molecule has 1 unspecified atom stereocenters. The summed E-state index contributed by atoms with van der Waals surface area (Å²) in [4.78, 5) is 34.5. The molecule has 1 saturated heterocycles. The van der Waals surface area contributed by atoms with Gasteiger partial charge in [-0.25, -0.2) is 9.18 Å². The number of halogens is 2. The first kappa shape index (κ1) is 23.4. The van der Waals surface area contributed by atoms with Gasteiger partial charge in [-0.3, -0.25) is 24.5 Å². The van der Waals surface area contributed by atoms with Crippen molar-refractivity contribution in [1.29, 1.82) is 0 Å². The lowest BCUT2D eigenvalue weighted by atomic mass is 9.92. The summed E-state index contributed by atoms with van der Waals surface area (Å²) in [6.45, 7) is 3.15. The van der Waals surface area contributed by atoms with Gasteiger partial charge >= 0.3 is 6.03 Å². The van der Waals surface area contributed by atoms with Gasteiger partial charge in [-0.05, 0) is 48.4 Å². The normalized spacial score (nSPS) is 18.1. The minimum absolute atomic E-state index is 0.0109. The SMILES string of the molecule is O=CN(c1ccc(C(C2=NCC2)N2CCC2)cc1F)c1ccccc1NC(=O)N1C=CC=C(Br)C1. The van der Waals surface area contributed by atoms with Gasteiger partial charge in [-0.2, -0.15) is 0 Å². The van der Waals surface area contributed by atoms with Crippen LogP contribution in [0.25, 0.3) is 0 Å². The maximum absolute atomic E-state index is 15.5. The zero-order valence-corrected chi connectivity index (χ0v) is 20.6. The van der Waals surface area contributed by atoms with E-state index in [0.29, 0.717) is 24.3 Å². The van der Waals surface area contributed by atoms with Crippen molar-refractivity contribution in [1.82, 2.24) is 9.80 Å². The number of carbonyl (C=O) groups excluding carboxylic acids is 2. The van der Waals surface area contributed by atoms with Crippen molar-refractivity contribution in [2.75, 3.05) is 36.4 Å². The number of hydrogen-bond acceptors (Lipinski definition) is 4. The van der Waals surface area contributed by atoms with Gasteiger partial charge in [0.15, 0.2) is 0 Å². The Bertz CT molecular complexity index is 1240. The van der Waals surface area contributed by atoms with E-state index in [-0.39, 0.29) is 17.8 Å². The van der Waals surface area contributed by atoms with Crippen molar-refractivity contribution in [3.8, 4) is 0 Å². The fourth-order valence-corrected chi connectivity index (χ4v) is 4.87. The lowest BCUT2D eigenvalue weighted by Gasteiger charge is -2.41. The van der Waals surface area contributed by atoms with Gasteiger partial charge in [0.2, 0.25) is 6.41 Å². The van der Waals surface area contributed by atoms with Crippen LogP contribution in [-0.2, 0) is 4.79 Å². The number of benzene rings is 2. The van der Waals surface area contributed by atoms with E-state index < -0.39 is 5.82 Å². The van der Waals surface area contributed by atoms with Crippen LogP contribution in [0.5, 0.6) is 0 Å². The molecule has 7 nitrogen and oxygen atoms in total. The number of allylic oxidation sites excluding steroid dienone is 2. The number of nitrogens with zero attached hydrogens (tertiary/aromatic N) is 4. The maximum Gasteiger partial charge on any atom is 0.326 e. The number of para-hydroxylation sites is 2. The Morgan fingerprint density at radius 2 is 2.00 bits per heavy atom. The van der Waals surface area contributed by atoms with Crippen LogP contribution < -0.4 is 10.2 Å². The molecule has 1 atom stereocenters. The molecule has 1 fully saturated rings. The molecule has 0 aliphatic carbocycles. The average Bonchev–Trinajstić information content (AvgIpc) is 2.79. The summed E-state index contributed by atoms with van der Waals surface area (Å²) >= 11 is 3.40. The van der Waals surface area contributed by atoms with Crippen LogP contribution in [0.2, 0.25) is 0 Å². The third kappa shape index (κ3) is 4.78. The highest BCUT2D eigenvalue weighted by atomic mass is 79.9. The number of rotatable bonds is 7. The van der Waals surface area contributed by atoms with Crippen LogP contribution in [0.1, 0.15) is 24.4 Å². The average molecular weight is 538 g/mol. The molecule has 3 heterocycles. The second-order valence-electron chi connectivity index (χ2n) is 8.63. The Kier molecular flexibility index (Phi) is 6.79. The van der Waals surface area contributed by atoms with Gasteiger partial charge in [0.25, 0.3) is 0 Å². The second-order valence-corrected chi connectivity index (χ2v) is 9.65. The molecule has 0 saturated carbocycles. The highest BCUT2D eigenvalue weighted by Crippen LogP contribution is 2.36. The third-order valence-electron chi connectivity index (χ3n) is 6.44. The highest BCUT2D eigenvalue weighted by Gasteiger charge is 2.32. The van der Waals surface area contributed by atoms with Gasteiger partial charge in [0.05, 0.1) is 29.6 Å². The number of urea groups is 1. The van der Waals surface area contributed by atoms with E-state index in [1.54, 1.807) is 42.6 Å². The number of aliphatic imine (C=N–C) groups is 1. The minimum atomic E-state index is -0.505. The zero-order valence-electron chi connectivity index (χ0n) is 19.0. The summed E-state index contributed by atoms with van der Waals surface area (Å²) in [5.41, 5.74) is 2.82. The van der Waals surface area contributed by atoms with E-state index in [2.05, 4.69) is 31.1 Å². The van der Waals surface area contributed by atoms with E-state index in [9.17, 15) is 9.59 Å². The monoisotopic (exact) mass is 537 g/mol. The zero-order chi connectivity index (χ0) is 24.4. The number of likely N-dealkylation sites (tertiary alicyclic amines) is 1. The fourth-order valence-electron chi connectivity index (χ4n) is 4.44. The molecule has 0 aromatic heterocycles. The van der Waals surface area contributed by atoms with Crippen molar-refractivity contribution < 1.29 is 14.0 Å². The summed E-state index contributed by atoms with van der Waals surface area (Å²) in [5.74, 6) is -0.505. The summed E-state index contributed by atoms with van der Waals surface area (Å²) in [5, 5.41) is 2.84. The lowest BCUT2D eigenvalue weighted by molar-refractivity contribution is -0.106. The van der Waals surface area contributed by atoms with Crippen LogP contribution in [0.15, 0.2) is 70.3 Å². The van der Waals surface area contributed by atoms with Crippen molar-refractivity contribution in [3.63, 3.8) is 0 Å². The first-order valence-corrected chi connectivity index (χ1v) is 12.3. The summed E-state index contributed by atoms with van der Waals surface area (Å²) in [6, 6.07) is 11.5. The predicted octanol–water partition coefficient (Wildman–Crippen LogP) is 5.35. The molecular weight excluding hydrogens is 513 g/mol. The van der Waals surface area contributed by atoms with Crippen LogP contribution in [0, 0.1) is 5.82 Å². The Morgan fingerprint density at radius 3 is 2.63 bits per heavy atom. The Labute approximate surface area is 211 Å². The van der Waals surface area contributed by atoms with Gasteiger partial charge in [0.1, 0.15) is 5.82 Å². The molecular formula is C26H25BrFN5O2. The number of nitrogens with one attached hydrogen (secondary N) is 1. The topological polar surface area (TPSA) is 68.2 Å². The number of anilines is 3. The van der Waals surface area contributed by atoms with E-state index in [4.69, 9.17) is 0 Å². The van der Waals surface area contributed by atoms with Gasteiger partial charge in [-0.15, -0.1) is 0 Å². The van der Waals surface area contributed by atoms with Crippen LogP contribution >= 0.6 is 15.9 Å². The largest absolute Gasteiger partial charge is 0.326 e. The first-order chi connectivity index (χ1) is 17.0. The molecule has 3 aliphatic rings. The highest BCUT2D eigenvalue weighted by molar-refractivity contribution is 9.11. The molecule has 3 aliphatic heterocycles. The molecule has 0 spiro atoms. The van der Waals surface area contributed by atoms with Crippen LogP contribution in [0.4, 0.5) is 26.2 Å². The molecule has 0 bridgehead atoms. The lowest BCUT2D eigenvalue weighted by Crippen LogP contribution is -2.45. The van der Waals surface area contributed by atoms with E-state index in [1.165, 1.54) is 15.9 Å². The Hall–Kier alpha value is -3.30. The van der Waals surface area contributed by atoms with E-state index in [0.717, 1.165) is 48.2 Å². The smallest absolute Gasteiger partial charge is 0.306 e. The van der Waals surface area contributed by atoms with E-state index >= 15 is 4.39 Å². The van der Waals surface area contributed by atoms with Crippen molar-refractivity contribution in [2.45, 2.75) is 18.9 Å². The molecule has 9 heteroatoms. The van der Waals surface area contributed by atoms with Crippen molar-refractivity contribution >= 4 is 51.1 Å². The van der Waals surface area contributed by atoms with Crippen molar-refractivity contribution in [2.24, 2.45) is 4.99 Å². The van der Waals surface area contributed by atoms with Crippen molar-refractivity contribution in [3.05, 3.63) is 76.7 Å².